The van der Waals surface area contributed by atoms with Gasteiger partial charge in [0.05, 0.1) is 11.0 Å². The van der Waals surface area contributed by atoms with Gasteiger partial charge < -0.3 is 9.88 Å². The smallest absolute Gasteiger partial charge is 0.251 e. The minimum atomic E-state index is -0.0659. The second kappa shape index (κ2) is 10.3. The zero-order valence-corrected chi connectivity index (χ0v) is 17.2. The van der Waals surface area contributed by atoms with Crippen molar-refractivity contribution in [3.63, 3.8) is 0 Å². The minimum Gasteiger partial charge on any atom is -0.352 e. The Kier molecular flexibility index (Phi) is 7.49. The lowest BCUT2D eigenvalue weighted by Crippen LogP contribution is -2.24. The van der Waals surface area contributed by atoms with Gasteiger partial charge in [0.1, 0.15) is 5.82 Å². The topological polar surface area (TPSA) is 46.9 Å². The van der Waals surface area contributed by atoms with E-state index in [0.717, 1.165) is 37.7 Å². The van der Waals surface area contributed by atoms with E-state index >= 15 is 0 Å². The lowest BCUT2D eigenvalue weighted by molar-refractivity contribution is 0.0953. The molecule has 1 amide bonds. The fourth-order valence-corrected chi connectivity index (χ4v) is 3.59. The van der Waals surface area contributed by atoms with Gasteiger partial charge in [0.25, 0.3) is 5.91 Å². The van der Waals surface area contributed by atoms with E-state index in [4.69, 9.17) is 16.6 Å². The molecule has 1 heterocycles. The van der Waals surface area contributed by atoms with Gasteiger partial charge in [-0.3, -0.25) is 4.79 Å². The minimum absolute atomic E-state index is 0.0659. The van der Waals surface area contributed by atoms with Crippen molar-refractivity contribution in [3.05, 3.63) is 64.9 Å². The number of hydrogen-bond donors (Lipinski definition) is 1. The molecule has 0 unspecified atom stereocenters. The molecule has 0 radical (unpaired) electrons. The van der Waals surface area contributed by atoms with Gasteiger partial charge in [-0.15, -0.1) is 0 Å². The molecule has 1 aromatic heterocycles. The van der Waals surface area contributed by atoms with Crippen LogP contribution in [0, 0.1) is 0 Å². The van der Waals surface area contributed by atoms with Crippen molar-refractivity contribution in [2.45, 2.75) is 52.0 Å². The number of amides is 1. The summed E-state index contributed by atoms with van der Waals surface area (Å²) in [6.45, 7) is 3.93. The zero-order valence-electron chi connectivity index (χ0n) is 16.5. The van der Waals surface area contributed by atoms with Gasteiger partial charge in [0, 0.05) is 30.1 Å². The first-order chi connectivity index (χ1) is 13.7. The van der Waals surface area contributed by atoms with Gasteiger partial charge in [0.15, 0.2) is 0 Å². The Morgan fingerprint density at radius 2 is 1.93 bits per heavy atom. The summed E-state index contributed by atoms with van der Waals surface area (Å²) in [5.74, 6) is 1.11. The van der Waals surface area contributed by atoms with Crippen LogP contribution in [-0.4, -0.2) is 22.0 Å². The maximum atomic E-state index is 12.1. The average molecular weight is 398 g/mol. The molecule has 0 bridgehead atoms. The maximum absolute atomic E-state index is 12.1. The quantitative estimate of drug-likeness (QED) is 0.450. The molecule has 0 saturated carbocycles. The van der Waals surface area contributed by atoms with Gasteiger partial charge in [-0.1, -0.05) is 49.6 Å². The molecular weight excluding hydrogens is 370 g/mol. The third-order valence-electron chi connectivity index (χ3n) is 4.92. The monoisotopic (exact) mass is 397 g/mol. The summed E-state index contributed by atoms with van der Waals surface area (Å²) in [6.07, 6.45) is 6.42. The van der Waals surface area contributed by atoms with Crippen LogP contribution in [-0.2, 0) is 13.0 Å². The third kappa shape index (κ3) is 5.35. The van der Waals surface area contributed by atoms with E-state index in [1.54, 1.807) is 24.3 Å². The molecule has 1 N–H and O–H groups in total. The number of halogens is 1. The number of nitrogens with one attached hydrogen (secondary N) is 1. The van der Waals surface area contributed by atoms with Crippen LogP contribution >= 0.6 is 11.6 Å². The van der Waals surface area contributed by atoms with Crippen LogP contribution < -0.4 is 5.32 Å². The van der Waals surface area contributed by atoms with Crippen LogP contribution in [0.25, 0.3) is 11.0 Å². The molecule has 0 saturated heterocycles. The summed E-state index contributed by atoms with van der Waals surface area (Å²) in [5, 5.41) is 3.55. The Morgan fingerprint density at radius 1 is 1.07 bits per heavy atom. The molecule has 2 aromatic carbocycles. The first-order valence-electron chi connectivity index (χ1n) is 10.2. The highest BCUT2D eigenvalue weighted by molar-refractivity contribution is 6.30. The van der Waals surface area contributed by atoms with Gasteiger partial charge in [-0.25, -0.2) is 4.98 Å². The number of para-hydroxylation sites is 2. The predicted octanol–water partition coefficient (Wildman–Crippen LogP) is 5.63. The number of fused-ring (bicyclic) bond motifs is 1. The molecule has 4 nitrogen and oxygen atoms in total. The SMILES string of the molecule is CCCCn1c(CCCCCNC(=O)c2cccc(Cl)c2)nc2ccccc21. The predicted molar refractivity (Wildman–Crippen MR) is 116 cm³/mol. The Bertz CT molecular complexity index is 919. The summed E-state index contributed by atoms with van der Waals surface area (Å²) in [7, 11) is 0. The summed E-state index contributed by atoms with van der Waals surface area (Å²) in [5.41, 5.74) is 2.93. The molecule has 0 atom stereocenters. The van der Waals surface area contributed by atoms with E-state index < -0.39 is 0 Å². The van der Waals surface area contributed by atoms with Gasteiger partial charge >= 0.3 is 0 Å². The fourth-order valence-electron chi connectivity index (χ4n) is 3.40. The molecule has 0 aliphatic heterocycles. The van der Waals surface area contributed by atoms with Crippen LogP contribution in [0.2, 0.25) is 5.02 Å². The van der Waals surface area contributed by atoms with Crippen molar-refractivity contribution in [3.8, 4) is 0 Å². The van der Waals surface area contributed by atoms with Crippen LogP contribution in [0.1, 0.15) is 55.2 Å². The Labute approximate surface area is 171 Å². The first kappa shape index (κ1) is 20.4. The highest BCUT2D eigenvalue weighted by Gasteiger charge is 2.10. The molecule has 28 heavy (non-hydrogen) atoms. The highest BCUT2D eigenvalue weighted by atomic mass is 35.5. The second-order valence-electron chi connectivity index (χ2n) is 7.10. The van der Waals surface area contributed by atoms with Crippen molar-refractivity contribution >= 4 is 28.5 Å². The number of carbonyl (C=O) groups excluding carboxylic acids is 1. The van der Waals surface area contributed by atoms with E-state index in [0.29, 0.717) is 17.1 Å². The number of carbonyl (C=O) groups is 1. The van der Waals surface area contributed by atoms with Gasteiger partial charge in [-0.05, 0) is 49.6 Å². The number of benzene rings is 2. The number of nitrogens with zero attached hydrogens (tertiary/aromatic N) is 2. The van der Waals surface area contributed by atoms with E-state index in [-0.39, 0.29) is 5.91 Å². The molecule has 148 valence electrons. The van der Waals surface area contributed by atoms with Gasteiger partial charge in [-0.2, -0.15) is 0 Å². The van der Waals surface area contributed by atoms with Crippen molar-refractivity contribution in [2.24, 2.45) is 0 Å². The van der Waals surface area contributed by atoms with Crippen molar-refractivity contribution in [1.82, 2.24) is 14.9 Å². The number of rotatable bonds is 10. The molecule has 0 aliphatic rings. The van der Waals surface area contributed by atoms with Crippen LogP contribution in [0.4, 0.5) is 0 Å². The zero-order chi connectivity index (χ0) is 19.8. The number of aromatic nitrogens is 2. The fraction of sp³-hybridized carbons (Fsp3) is 0.391. The Balaban J connectivity index is 1.45. The molecule has 0 fully saturated rings. The summed E-state index contributed by atoms with van der Waals surface area (Å²) in [4.78, 5) is 17.0. The second-order valence-corrected chi connectivity index (χ2v) is 7.54. The number of hydrogen-bond acceptors (Lipinski definition) is 2. The van der Waals surface area contributed by atoms with Crippen molar-refractivity contribution < 1.29 is 4.79 Å². The Hall–Kier alpha value is -2.33. The van der Waals surface area contributed by atoms with Crippen LogP contribution in [0.5, 0.6) is 0 Å². The number of imidazole rings is 1. The van der Waals surface area contributed by atoms with Crippen molar-refractivity contribution in [2.75, 3.05) is 6.54 Å². The lowest BCUT2D eigenvalue weighted by Gasteiger charge is -2.09. The normalized spacial score (nSPS) is 11.1. The highest BCUT2D eigenvalue weighted by Crippen LogP contribution is 2.18. The van der Waals surface area contributed by atoms with Crippen molar-refractivity contribution in [1.29, 1.82) is 0 Å². The van der Waals surface area contributed by atoms with E-state index in [2.05, 4.69) is 35.0 Å². The Morgan fingerprint density at radius 3 is 2.75 bits per heavy atom. The molecule has 0 aliphatic carbocycles. The van der Waals surface area contributed by atoms with E-state index in [1.165, 1.54) is 24.2 Å². The molecule has 3 aromatic rings. The van der Waals surface area contributed by atoms with E-state index in [9.17, 15) is 4.79 Å². The molecule has 5 heteroatoms. The maximum Gasteiger partial charge on any atom is 0.251 e. The van der Waals surface area contributed by atoms with Gasteiger partial charge in [0.2, 0.25) is 0 Å². The lowest BCUT2D eigenvalue weighted by atomic mass is 10.1. The largest absolute Gasteiger partial charge is 0.352 e. The molecular formula is C23H28ClN3O. The molecule has 0 spiro atoms. The summed E-state index contributed by atoms with van der Waals surface area (Å²) >= 11 is 5.94. The van der Waals surface area contributed by atoms with Crippen LogP contribution in [0.3, 0.4) is 0 Å². The number of aryl methyl sites for hydroxylation is 2. The molecule has 3 rings (SSSR count). The standard InChI is InChI=1S/C23H28ClN3O/c1-2-3-16-27-21-13-7-6-12-20(21)26-22(27)14-5-4-8-15-25-23(28)18-10-9-11-19(24)17-18/h6-7,9-13,17H,2-5,8,14-16H2,1H3,(H,25,28). The van der Waals surface area contributed by atoms with Crippen LogP contribution in [0.15, 0.2) is 48.5 Å². The number of unbranched alkanes of at least 4 members (excludes halogenated alkanes) is 3. The summed E-state index contributed by atoms with van der Waals surface area (Å²) < 4.78 is 2.37. The third-order valence-corrected chi connectivity index (χ3v) is 5.15. The van der Waals surface area contributed by atoms with E-state index in [1.807, 2.05) is 6.07 Å². The average Bonchev–Trinajstić information content (AvgIpc) is 3.06. The summed E-state index contributed by atoms with van der Waals surface area (Å²) in [6, 6.07) is 15.4. The first-order valence-corrected chi connectivity index (χ1v) is 10.5.